The minimum Gasteiger partial charge on any atom is -0.481 e. The minimum absolute atomic E-state index is 0.0608. The van der Waals surface area contributed by atoms with E-state index >= 15 is 0 Å². The molecule has 26 heavy (non-hydrogen) atoms. The Morgan fingerprint density at radius 1 is 1.04 bits per heavy atom. The molecule has 1 aromatic heterocycles. The summed E-state index contributed by atoms with van der Waals surface area (Å²) in [5, 5.41) is 21.7. The molecule has 0 amide bonds. The topological polar surface area (TPSA) is 99.5 Å². The molecule has 0 aliphatic carbocycles. The predicted octanol–water partition coefficient (Wildman–Crippen LogP) is 3.01. The van der Waals surface area contributed by atoms with Crippen LogP contribution in [0.2, 0.25) is 0 Å². The summed E-state index contributed by atoms with van der Waals surface area (Å²) in [6, 6.07) is 10.2. The van der Waals surface area contributed by atoms with Gasteiger partial charge in [-0.25, -0.2) is 0 Å². The van der Waals surface area contributed by atoms with Crippen LogP contribution in [0.15, 0.2) is 48.8 Å². The highest BCUT2D eigenvalue weighted by Crippen LogP contribution is 2.22. The van der Waals surface area contributed by atoms with Crippen LogP contribution in [-0.2, 0) is 9.59 Å². The fourth-order valence-electron chi connectivity index (χ4n) is 2.79. The smallest absolute Gasteiger partial charge is 0.320 e. The van der Waals surface area contributed by atoms with Crippen molar-refractivity contribution in [3.05, 3.63) is 54.4 Å². The number of carboxylic acid groups (broad SMARTS) is 2. The van der Waals surface area contributed by atoms with Crippen molar-refractivity contribution >= 4 is 11.9 Å². The Hall–Kier alpha value is -2.73. The van der Waals surface area contributed by atoms with Gasteiger partial charge in [0.25, 0.3) is 0 Å². The number of rotatable bonds is 9. The number of nitrogens with zero attached hydrogens (tertiary/aromatic N) is 1. The molecule has 6 nitrogen and oxygen atoms in total. The number of hydrogen-bond donors (Lipinski definition) is 3. The van der Waals surface area contributed by atoms with Gasteiger partial charge in [0, 0.05) is 18.9 Å². The third kappa shape index (κ3) is 5.39. The molecule has 0 aliphatic heterocycles. The fraction of sp³-hybridized carbons (Fsp3) is 0.350. The first-order chi connectivity index (χ1) is 12.4. The zero-order valence-electron chi connectivity index (χ0n) is 14.9. The van der Waals surface area contributed by atoms with Crippen molar-refractivity contribution < 1.29 is 19.8 Å². The van der Waals surface area contributed by atoms with E-state index in [9.17, 15) is 19.8 Å². The molecule has 138 valence electrons. The molecule has 6 heteroatoms. The quantitative estimate of drug-likeness (QED) is 0.639. The summed E-state index contributed by atoms with van der Waals surface area (Å²) < 4.78 is 0. The summed E-state index contributed by atoms with van der Waals surface area (Å²) in [7, 11) is 0. The maximum Gasteiger partial charge on any atom is 0.320 e. The highest BCUT2D eigenvalue weighted by atomic mass is 16.4. The van der Waals surface area contributed by atoms with Crippen LogP contribution in [-0.4, -0.2) is 39.7 Å². The van der Waals surface area contributed by atoms with Crippen molar-refractivity contribution in [1.82, 2.24) is 10.3 Å². The van der Waals surface area contributed by atoms with Crippen molar-refractivity contribution in [2.24, 2.45) is 5.92 Å². The van der Waals surface area contributed by atoms with Crippen molar-refractivity contribution in [2.45, 2.75) is 32.2 Å². The van der Waals surface area contributed by atoms with Crippen LogP contribution in [0.1, 0.15) is 31.7 Å². The van der Waals surface area contributed by atoms with E-state index in [1.807, 2.05) is 38.1 Å². The second-order valence-electron chi connectivity index (χ2n) is 6.68. The average molecular weight is 356 g/mol. The van der Waals surface area contributed by atoms with Crippen LogP contribution in [0.4, 0.5) is 0 Å². The summed E-state index contributed by atoms with van der Waals surface area (Å²) in [5.74, 6) is -2.56. The molecule has 0 saturated carbocycles. The number of pyridine rings is 1. The van der Waals surface area contributed by atoms with Gasteiger partial charge in [-0.2, -0.15) is 0 Å². The van der Waals surface area contributed by atoms with Crippen LogP contribution in [0.25, 0.3) is 11.1 Å². The first kappa shape index (κ1) is 19.6. The maximum absolute atomic E-state index is 11.7. The van der Waals surface area contributed by atoms with Gasteiger partial charge in [-0.1, -0.05) is 44.2 Å². The van der Waals surface area contributed by atoms with Crippen LogP contribution in [0.5, 0.6) is 0 Å². The third-order valence-corrected chi connectivity index (χ3v) is 4.18. The summed E-state index contributed by atoms with van der Waals surface area (Å²) in [4.78, 5) is 27.1. The van der Waals surface area contributed by atoms with Gasteiger partial charge in [0.2, 0.25) is 0 Å². The van der Waals surface area contributed by atoms with Gasteiger partial charge in [0.1, 0.15) is 6.04 Å². The molecule has 0 bridgehead atoms. The molecule has 0 radical (unpaired) electrons. The highest BCUT2D eigenvalue weighted by molar-refractivity contribution is 5.77. The minimum atomic E-state index is -0.986. The number of hydrogen-bond acceptors (Lipinski definition) is 4. The van der Waals surface area contributed by atoms with Gasteiger partial charge >= 0.3 is 11.9 Å². The van der Waals surface area contributed by atoms with Crippen molar-refractivity contribution in [3.8, 4) is 11.1 Å². The van der Waals surface area contributed by atoms with Gasteiger partial charge in [0.15, 0.2) is 0 Å². The van der Waals surface area contributed by atoms with E-state index in [1.165, 1.54) is 0 Å². The molecule has 0 saturated heterocycles. The molecule has 0 fully saturated rings. The highest BCUT2D eigenvalue weighted by Gasteiger charge is 2.24. The normalized spacial score (nSPS) is 13.3. The van der Waals surface area contributed by atoms with Crippen LogP contribution in [0, 0.1) is 5.92 Å². The van der Waals surface area contributed by atoms with Crippen LogP contribution < -0.4 is 5.32 Å². The van der Waals surface area contributed by atoms with Gasteiger partial charge in [-0.05, 0) is 35.1 Å². The largest absolute Gasteiger partial charge is 0.481 e. The number of benzene rings is 1. The van der Waals surface area contributed by atoms with E-state index in [4.69, 9.17) is 0 Å². The summed E-state index contributed by atoms with van der Waals surface area (Å²) in [6.07, 6.45) is 3.89. The van der Waals surface area contributed by atoms with Gasteiger partial charge in [-0.15, -0.1) is 0 Å². The molecule has 1 unspecified atom stereocenters. The molecule has 1 aromatic carbocycles. The number of nitrogens with one attached hydrogen (secondary N) is 1. The lowest BCUT2D eigenvalue weighted by molar-refractivity contribution is -0.142. The van der Waals surface area contributed by atoms with Crippen molar-refractivity contribution in [3.63, 3.8) is 0 Å². The maximum atomic E-state index is 11.7. The van der Waals surface area contributed by atoms with Crippen LogP contribution in [0.3, 0.4) is 0 Å². The molecule has 1 heterocycles. The lowest BCUT2D eigenvalue weighted by Gasteiger charge is -2.20. The molecule has 0 aliphatic rings. The molecular weight excluding hydrogens is 332 g/mol. The summed E-state index contributed by atoms with van der Waals surface area (Å²) >= 11 is 0. The Kier molecular flexibility index (Phi) is 6.86. The average Bonchev–Trinajstić information content (AvgIpc) is 2.61. The Labute approximate surface area is 152 Å². The lowest BCUT2D eigenvalue weighted by atomic mass is 9.95. The van der Waals surface area contributed by atoms with Crippen molar-refractivity contribution in [2.75, 3.05) is 6.54 Å². The first-order valence-electron chi connectivity index (χ1n) is 8.57. The molecule has 2 atom stereocenters. The first-order valence-corrected chi connectivity index (χ1v) is 8.57. The Morgan fingerprint density at radius 2 is 1.73 bits per heavy atom. The number of carboxylic acids is 2. The van der Waals surface area contributed by atoms with E-state index in [-0.39, 0.29) is 12.5 Å². The van der Waals surface area contributed by atoms with E-state index in [0.29, 0.717) is 12.0 Å². The predicted molar refractivity (Wildman–Crippen MR) is 98.9 cm³/mol. The van der Waals surface area contributed by atoms with Crippen molar-refractivity contribution in [1.29, 1.82) is 0 Å². The Bertz CT molecular complexity index is 729. The van der Waals surface area contributed by atoms with E-state index in [1.54, 1.807) is 24.5 Å². The molecule has 2 aromatic rings. The van der Waals surface area contributed by atoms with Crippen LogP contribution >= 0.6 is 0 Å². The monoisotopic (exact) mass is 356 g/mol. The number of aliphatic carboxylic acids is 2. The number of aromatic nitrogens is 1. The van der Waals surface area contributed by atoms with E-state index in [0.717, 1.165) is 11.1 Å². The summed E-state index contributed by atoms with van der Waals surface area (Å²) in [5.41, 5.74) is 2.53. The van der Waals surface area contributed by atoms with E-state index < -0.39 is 23.9 Å². The van der Waals surface area contributed by atoms with Gasteiger partial charge < -0.3 is 15.5 Å². The second kappa shape index (κ2) is 9.10. The Morgan fingerprint density at radius 3 is 2.23 bits per heavy atom. The zero-order chi connectivity index (χ0) is 19.1. The Balaban J connectivity index is 2.11. The lowest BCUT2D eigenvalue weighted by Crippen LogP contribution is -2.41. The van der Waals surface area contributed by atoms with Gasteiger partial charge in [-0.3, -0.25) is 14.6 Å². The zero-order valence-corrected chi connectivity index (χ0v) is 14.9. The second-order valence-corrected chi connectivity index (χ2v) is 6.68. The molecule has 2 rings (SSSR count). The SMILES string of the molecule is CC(C)C[C@H](NCC(C(=O)O)c1ccc(-c2cccnc2)cc1)C(=O)O. The molecular formula is C20H24N2O4. The van der Waals surface area contributed by atoms with Gasteiger partial charge in [0.05, 0.1) is 5.92 Å². The summed E-state index contributed by atoms with van der Waals surface area (Å²) in [6.45, 7) is 3.93. The third-order valence-electron chi connectivity index (χ3n) is 4.18. The van der Waals surface area contributed by atoms with E-state index in [2.05, 4.69) is 10.3 Å². The molecule has 3 N–H and O–H groups in total. The standard InChI is InChI=1S/C20H24N2O4/c1-13(2)10-18(20(25)26)22-12-17(19(23)24)15-7-5-14(6-8-15)16-4-3-9-21-11-16/h3-9,11,13,17-18,22H,10,12H2,1-2H3,(H,23,24)(H,25,26)/t17?,18-/m0/s1. The molecule has 0 spiro atoms. The fourth-order valence-corrected chi connectivity index (χ4v) is 2.79. The number of carbonyl (C=O) groups is 2.